The van der Waals surface area contributed by atoms with Gasteiger partial charge in [0.15, 0.2) is 23.0 Å². The fourth-order valence-corrected chi connectivity index (χ4v) is 2.34. The van der Waals surface area contributed by atoms with Gasteiger partial charge < -0.3 is 19.2 Å². The van der Waals surface area contributed by atoms with Gasteiger partial charge in [0.1, 0.15) is 12.4 Å². The summed E-state index contributed by atoms with van der Waals surface area (Å²) < 4.78 is 16.4. The lowest BCUT2D eigenvalue weighted by Crippen LogP contribution is -2.27. The quantitative estimate of drug-likeness (QED) is 0.675. The fraction of sp³-hybridized carbons (Fsp3) is 0.176. The van der Waals surface area contributed by atoms with Crippen LogP contribution < -0.4 is 14.9 Å². The molecule has 0 saturated carbocycles. The van der Waals surface area contributed by atoms with Crippen molar-refractivity contribution in [1.29, 1.82) is 0 Å². The highest BCUT2D eigenvalue weighted by molar-refractivity contribution is 6.61. The first kappa shape index (κ1) is 16.1. The van der Waals surface area contributed by atoms with Gasteiger partial charge in [-0.3, -0.25) is 4.79 Å². The maximum Gasteiger partial charge on any atom is 0.491 e. The predicted octanol–water partition coefficient (Wildman–Crippen LogP) is 2.22. The zero-order valence-corrected chi connectivity index (χ0v) is 13.0. The van der Waals surface area contributed by atoms with E-state index in [9.17, 15) is 9.82 Å². The van der Waals surface area contributed by atoms with Crippen LogP contribution in [0.5, 0.6) is 17.2 Å². The van der Waals surface area contributed by atoms with Crippen molar-refractivity contribution in [3.8, 4) is 17.2 Å². The number of hydrogen-bond donors (Lipinski definition) is 1. The van der Waals surface area contributed by atoms with E-state index in [1.165, 1.54) is 13.0 Å². The molecule has 0 spiro atoms. The number of benzene rings is 2. The van der Waals surface area contributed by atoms with Crippen molar-refractivity contribution in [3.63, 3.8) is 0 Å². The Hall–Kier alpha value is -2.82. The molecule has 1 aliphatic rings. The van der Waals surface area contributed by atoms with E-state index in [1.54, 1.807) is 30.3 Å². The van der Waals surface area contributed by atoms with E-state index in [0.717, 1.165) is 11.0 Å². The summed E-state index contributed by atoms with van der Waals surface area (Å²) >= 11 is 0. The average molecular weight is 323 g/mol. The Labute approximate surface area is 139 Å². The van der Waals surface area contributed by atoms with E-state index < -0.39 is 7.12 Å². The topological polar surface area (TPSA) is 69.3 Å². The molecule has 0 aliphatic carbocycles. The number of carbonyl (C=O) groups excluding carboxylic acids is 1. The third-order valence-electron chi connectivity index (χ3n) is 3.49. The summed E-state index contributed by atoms with van der Waals surface area (Å²) in [5.41, 5.74) is 1.97. The molecule has 0 radical (unpaired) electrons. The summed E-state index contributed by atoms with van der Waals surface area (Å²) in [6.07, 6.45) is 0. The standard InChI is InChI=1S/C17H14BNO5/c1-11(20)9-22-17-8-13(19-2)3-6-16(17)24-14-4-5-15-12(7-14)10-23-18(15)21/h3-8,21H,9-10H2,1H3. The van der Waals surface area contributed by atoms with E-state index in [4.69, 9.17) is 20.7 Å². The van der Waals surface area contributed by atoms with Crippen LogP contribution in [0.15, 0.2) is 36.4 Å². The summed E-state index contributed by atoms with van der Waals surface area (Å²) in [4.78, 5) is 14.5. The van der Waals surface area contributed by atoms with Crippen molar-refractivity contribution in [2.45, 2.75) is 13.5 Å². The number of ether oxygens (including phenoxy) is 2. The number of fused-ring (bicyclic) bond motifs is 1. The molecule has 1 aliphatic heterocycles. The molecule has 1 N–H and O–H groups in total. The van der Waals surface area contributed by atoms with Crippen molar-refractivity contribution in [3.05, 3.63) is 53.4 Å². The van der Waals surface area contributed by atoms with Crippen molar-refractivity contribution in [1.82, 2.24) is 0 Å². The molecular formula is C17H14BNO5. The minimum atomic E-state index is -0.901. The second-order valence-corrected chi connectivity index (χ2v) is 5.36. The Bertz CT molecular complexity index is 830. The third kappa shape index (κ3) is 3.40. The molecule has 0 unspecified atom stereocenters. The van der Waals surface area contributed by atoms with E-state index in [0.29, 0.717) is 29.5 Å². The zero-order chi connectivity index (χ0) is 17.1. The van der Waals surface area contributed by atoms with Crippen LogP contribution in [0.2, 0.25) is 0 Å². The maximum absolute atomic E-state index is 11.1. The van der Waals surface area contributed by atoms with Gasteiger partial charge in [-0.2, -0.15) is 0 Å². The zero-order valence-electron chi connectivity index (χ0n) is 13.0. The number of rotatable bonds is 5. The van der Waals surface area contributed by atoms with Gasteiger partial charge in [0.2, 0.25) is 0 Å². The van der Waals surface area contributed by atoms with Crippen molar-refractivity contribution < 1.29 is 23.9 Å². The first-order valence-electron chi connectivity index (χ1n) is 7.31. The average Bonchev–Trinajstić information content (AvgIpc) is 2.94. The highest BCUT2D eigenvalue weighted by Crippen LogP contribution is 2.35. The van der Waals surface area contributed by atoms with Crippen LogP contribution in [-0.4, -0.2) is 24.5 Å². The molecule has 6 nitrogen and oxygen atoms in total. The molecule has 3 rings (SSSR count). The van der Waals surface area contributed by atoms with Gasteiger partial charge in [-0.05, 0) is 42.2 Å². The summed E-state index contributed by atoms with van der Waals surface area (Å²) in [5.74, 6) is 1.16. The predicted molar refractivity (Wildman–Crippen MR) is 87.8 cm³/mol. The summed E-state index contributed by atoms with van der Waals surface area (Å²) in [6, 6.07) is 10.0. The molecule has 2 aromatic rings. The van der Waals surface area contributed by atoms with Gasteiger partial charge in [0, 0.05) is 0 Å². The second-order valence-electron chi connectivity index (χ2n) is 5.36. The van der Waals surface area contributed by atoms with Gasteiger partial charge in [-0.1, -0.05) is 12.1 Å². The van der Waals surface area contributed by atoms with Gasteiger partial charge in [-0.15, -0.1) is 0 Å². The summed E-state index contributed by atoms with van der Waals surface area (Å²) in [7, 11) is -0.901. The first-order chi connectivity index (χ1) is 11.6. The van der Waals surface area contributed by atoms with Crippen LogP contribution in [0.3, 0.4) is 0 Å². The largest absolute Gasteiger partial charge is 0.491 e. The van der Waals surface area contributed by atoms with E-state index in [1.807, 2.05) is 0 Å². The molecule has 7 heteroatoms. The van der Waals surface area contributed by atoms with Gasteiger partial charge in [0.05, 0.1) is 13.2 Å². The Balaban J connectivity index is 1.86. The van der Waals surface area contributed by atoms with E-state index >= 15 is 0 Å². The Morgan fingerprint density at radius 1 is 1.33 bits per heavy atom. The molecule has 0 atom stereocenters. The Morgan fingerprint density at radius 2 is 2.17 bits per heavy atom. The first-order valence-corrected chi connectivity index (χ1v) is 7.31. The fourth-order valence-electron chi connectivity index (χ4n) is 2.34. The SMILES string of the molecule is [C-]#[N+]c1ccc(Oc2ccc3c(c2)COB3O)c(OCC(C)=O)c1. The van der Waals surface area contributed by atoms with Crippen LogP contribution in [0.4, 0.5) is 5.69 Å². The number of carbonyl (C=O) groups is 1. The molecule has 0 aromatic heterocycles. The molecular weight excluding hydrogens is 309 g/mol. The number of ketones is 1. The normalized spacial score (nSPS) is 12.5. The second kappa shape index (κ2) is 6.75. The van der Waals surface area contributed by atoms with Crippen molar-refractivity contribution >= 4 is 24.1 Å². The highest BCUT2D eigenvalue weighted by Gasteiger charge is 2.27. The maximum atomic E-state index is 11.1. The minimum absolute atomic E-state index is 0.0952. The van der Waals surface area contributed by atoms with E-state index in [-0.39, 0.29) is 12.4 Å². The molecule has 24 heavy (non-hydrogen) atoms. The lowest BCUT2D eigenvalue weighted by Gasteiger charge is -2.13. The third-order valence-corrected chi connectivity index (χ3v) is 3.49. The smallest absolute Gasteiger partial charge is 0.483 e. The van der Waals surface area contributed by atoms with Crippen molar-refractivity contribution in [2.24, 2.45) is 0 Å². The van der Waals surface area contributed by atoms with Gasteiger partial charge >= 0.3 is 7.12 Å². The molecule has 0 fully saturated rings. The van der Waals surface area contributed by atoms with Crippen molar-refractivity contribution in [2.75, 3.05) is 6.61 Å². The van der Waals surface area contributed by atoms with Crippen LogP contribution in [0.25, 0.3) is 4.85 Å². The van der Waals surface area contributed by atoms with Crippen LogP contribution in [0, 0.1) is 6.57 Å². The number of hydrogen-bond acceptors (Lipinski definition) is 5. The van der Waals surface area contributed by atoms with Crippen LogP contribution in [0.1, 0.15) is 12.5 Å². The van der Waals surface area contributed by atoms with Gasteiger partial charge in [-0.25, -0.2) is 4.85 Å². The summed E-state index contributed by atoms with van der Waals surface area (Å²) in [5, 5.41) is 9.64. The molecule has 0 saturated heterocycles. The molecule has 1 heterocycles. The highest BCUT2D eigenvalue weighted by atomic mass is 16.5. The lowest BCUT2D eigenvalue weighted by atomic mass is 9.80. The Morgan fingerprint density at radius 3 is 2.92 bits per heavy atom. The van der Waals surface area contributed by atoms with Crippen LogP contribution in [-0.2, 0) is 16.1 Å². The van der Waals surface area contributed by atoms with E-state index in [2.05, 4.69) is 4.85 Å². The molecule has 0 bridgehead atoms. The molecule has 2 aromatic carbocycles. The molecule has 0 amide bonds. The number of Topliss-reactive ketones (excluding diaryl/α,β-unsaturated/α-hetero) is 1. The lowest BCUT2D eigenvalue weighted by molar-refractivity contribution is -0.118. The van der Waals surface area contributed by atoms with Gasteiger partial charge in [0.25, 0.3) is 0 Å². The summed E-state index contributed by atoms with van der Waals surface area (Å²) in [6.45, 7) is 8.72. The Kier molecular flexibility index (Phi) is 4.51. The monoisotopic (exact) mass is 323 g/mol. The minimum Gasteiger partial charge on any atom is -0.483 e. The van der Waals surface area contributed by atoms with Crippen LogP contribution >= 0.6 is 0 Å². The number of nitrogens with zero attached hydrogens (tertiary/aromatic N) is 1. The molecule has 120 valence electrons.